The summed E-state index contributed by atoms with van der Waals surface area (Å²) in [6, 6.07) is 72.6. The maximum atomic E-state index is 6.39. The molecule has 0 unspecified atom stereocenters. The van der Waals surface area contributed by atoms with Gasteiger partial charge in [0.1, 0.15) is 11.2 Å². The normalized spacial score (nSPS) is 11.7. The van der Waals surface area contributed by atoms with Gasteiger partial charge in [0.25, 0.3) is 0 Å². The first-order valence-electron chi connectivity index (χ1n) is 16.8. The molecule has 0 saturated heterocycles. The fourth-order valence-electron chi connectivity index (χ4n) is 7.61. The number of para-hydroxylation sites is 1. The number of rotatable bonds is 7. The number of anilines is 3. The molecule has 232 valence electrons. The van der Waals surface area contributed by atoms with Gasteiger partial charge < -0.3 is 9.32 Å². The molecule has 0 atom stereocenters. The van der Waals surface area contributed by atoms with Gasteiger partial charge in [0.05, 0.1) is 5.69 Å². The van der Waals surface area contributed by atoms with Gasteiger partial charge in [0, 0.05) is 33.6 Å². The van der Waals surface area contributed by atoms with E-state index in [0.717, 1.165) is 39.0 Å². The number of hydrogen-bond acceptors (Lipinski definition) is 2. The predicted octanol–water partition coefficient (Wildman–Crippen LogP) is 9.59. The SMILES string of the molecule is c1ccc([Si](c2ccccc2)(c2ccccc2)c2ccc(N(c3ccc4c(c3)oc3ccccc34)c3cccc4ccccc34)cc2)cc1. The summed E-state index contributed by atoms with van der Waals surface area (Å²) in [5, 5.41) is 10.1. The number of hydrogen-bond donors (Lipinski definition) is 0. The lowest BCUT2D eigenvalue weighted by Gasteiger charge is -2.35. The van der Waals surface area contributed by atoms with Gasteiger partial charge in [-0.2, -0.15) is 0 Å². The molecule has 0 aliphatic heterocycles. The van der Waals surface area contributed by atoms with Crippen molar-refractivity contribution < 1.29 is 4.42 Å². The van der Waals surface area contributed by atoms with Crippen LogP contribution in [0.4, 0.5) is 17.1 Å². The smallest absolute Gasteiger partial charge is 0.179 e. The third-order valence-electron chi connectivity index (χ3n) is 9.81. The van der Waals surface area contributed by atoms with Crippen LogP contribution in [0.5, 0.6) is 0 Å². The summed E-state index contributed by atoms with van der Waals surface area (Å²) in [6.07, 6.45) is 0. The lowest BCUT2D eigenvalue weighted by molar-refractivity contribution is 0.669. The number of fused-ring (bicyclic) bond motifs is 4. The zero-order chi connectivity index (χ0) is 32.6. The molecule has 2 nitrogen and oxygen atoms in total. The molecule has 0 spiro atoms. The van der Waals surface area contributed by atoms with Crippen molar-refractivity contribution in [1.82, 2.24) is 0 Å². The quantitative estimate of drug-likeness (QED) is 0.127. The van der Waals surface area contributed by atoms with Crippen LogP contribution in [0.2, 0.25) is 0 Å². The highest BCUT2D eigenvalue weighted by atomic mass is 28.3. The predicted molar refractivity (Wildman–Crippen MR) is 210 cm³/mol. The van der Waals surface area contributed by atoms with Crippen LogP contribution in [0.15, 0.2) is 205 Å². The van der Waals surface area contributed by atoms with Crippen molar-refractivity contribution in [2.24, 2.45) is 0 Å². The fraction of sp³-hybridized carbons (Fsp3) is 0. The fourth-order valence-corrected chi connectivity index (χ4v) is 12.4. The Hall–Kier alpha value is -6.16. The van der Waals surface area contributed by atoms with Crippen molar-refractivity contribution in [3.8, 4) is 0 Å². The first-order valence-corrected chi connectivity index (χ1v) is 18.8. The van der Waals surface area contributed by atoms with E-state index < -0.39 is 8.07 Å². The van der Waals surface area contributed by atoms with Gasteiger partial charge >= 0.3 is 0 Å². The largest absolute Gasteiger partial charge is 0.456 e. The van der Waals surface area contributed by atoms with E-state index in [9.17, 15) is 0 Å². The van der Waals surface area contributed by atoms with Crippen LogP contribution in [-0.4, -0.2) is 8.07 Å². The minimum Gasteiger partial charge on any atom is -0.456 e. The molecule has 9 aromatic rings. The van der Waals surface area contributed by atoms with E-state index in [0.29, 0.717) is 0 Å². The second-order valence-electron chi connectivity index (χ2n) is 12.5. The van der Waals surface area contributed by atoms with Gasteiger partial charge in [-0.1, -0.05) is 158 Å². The molecule has 0 aliphatic carbocycles. The molecule has 3 heteroatoms. The van der Waals surface area contributed by atoms with Gasteiger partial charge in [-0.25, -0.2) is 0 Å². The summed E-state index contributed by atoms with van der Waals surface area (Å²) >= 11 is 0. The van der Waals surface area contributed by atoms with Crippen molar-refractivity contribution in [1.29, 1.82) is 0 Å². The summed E-state index contributed by atoms with van der Waals surface area (Å²) < 4.78 is 6.39. The van der Waals surface area contributed by atoms with Crippen molar-refractivity contribution >= 4 is 78.6 Å². The van der Waals surface area contributed by atoms with E-state index in [1.54, 1.807) is 0 Å². The second-order valence-corrected chi connectivity index (χ2v) is 16.3. The maximum absolute atomic E-state index is 6.39. The molecular formula is C46H33NOSi. The topological polar surface area (TPSA) is 16.4 Å². The average Bonchev–Trinajstić information content (AvgIpc) is 3.55. The molecule has 0 N–H and O–H groups in total. The Kier molecular flexibility index (Phi) is 7.18. The lowest BCUT2D eigenvalue weighted by Crippen LogP contribution is -2.74. The van der Waals surface area contributed by atoms with Crippen molar-refractivity contribution in [3.63, 3.8) is 0 Å². The minimum absolute atomic E-state index is 0.879. The van der Waals surface area contributed by atoms with Crippen LogP contribution in [-0.2, 0) is 0 Å². The number of furan rings is 1. The molecule has 0 amide bonds. The molecule has 1 aromatic heterocycles. The second kappa shape index (κ2) is 12.1. The maximum Gasteiger partial charge on any atom is 0.179 e. The van der Waals surface area contributed by atoms with Gasteiger partial charge in [0.2, 0.25) is 0 Å². The number of nitrogens with zero attached hydrogens (tertiary/aromatic N) is 1. The molecule has 0 saturated carbocycles. The molecule has 49 heavy (non-hydrogen) atoms. The zero-order valence-corrected chi connectivity index (χ0v) is 27.9. The highest BCUT2D eigenvalue weighted by Crippen LogP contribution is 2.41. The van der Waals surface area contributed by atoms with Gasteiger partial charge in [-0.05, 0) is 62.5 Å². The summed E-state index contributed by atoms with van der Waals surface area (Å²) in [5.74, 6) is 0. The molecule has 0 fully saturated rings. The summed E-state index contributed by atoms with van der Waals surface area (Å²) in [7, 11) is -2.65. The summed E-state index contributed by atoms with van der Waals surface area (Å²) in [5.41, 5.74) is 5.05. The number of benzene rings is 8. The summed E-state index contributed by atoms with van der Waals surface area (Å²) in [6.45, 7) is 0. The Morgan fingerprint density at radius 1 is 0.347 bits per heavy atom. The van der Waals surface area contributed by atoms with E-state index in [2.05, 4.69) is 193 Å². The van der Waals surface area contributed by atoms with Crippen molar-refractivity contribution in [2.75, 3.05) is 4.90 Å². The minimum atomic E-state index is -2.65. The van der Waals surface area contributed by atoms with Crippen LogP contribution >= 0.6 is 0 Å². The zero-order valence-electron chi connectivity index (χ0n) is 26.9. The Bertz CT molecular complexity index is 2440. The molecule has 0 bridgehead atoms. The molecule has 8 aromatic carbocycles. The Morgan fingerprint density at radius 3 is 1.49 bits per heavy atom. The first-order chi connectivity index (χ1) is 24.3. The monoisotopic (exact) mass is 643 g/mol. The van der Waals surface area contributed by atoms with Crippen LogP contribution < -0.4 is 25.6 Å². The molecular weight excluding hydrogens is 611 g/mol. The standard InChI is InChI=1S/C46H33NOSi/c1-4-17-37(18-5-1)49(38-19-6-2-7-20-38,39-21-8-3-9-22-39)40-30-27-35(28-31-40)47(44-25-14-16-34-15-10-11-23-41(34)44)36-29-32-43-42-24-12-13-26-45(42)48-46(43)33-36/h1-33H. The Morgan fingerprint density at radius 2 is 0.837 bits per heavy atom. The molecule has 0 radical (unpaired) electrons. The summed E-state index contributed by atoms with van der Waals surface area (Å²) in [4.78, 5) is 2.37. The highest BCUT2D eigenvalue weighted by Gasteiger charge is 2.41. The van der Waals surface area contributed by atoms with Crippen LogP contribution in [0.1, 0.15) is 0 Å². The van der Waals surface area contributed by atoms with Crippen LogP contribution in [0, 0.1) is 0 Å². The van der Waals surface area contributed by atoms with Gasteiger partial charge in [-0.15, -0.1) is 0 Å². The molecule has 1 heterocycles. The van der Waals surface area contributed by atoms with E-state index >= 15 is 0 Å². The third kappa shape index (κ3) is 4.86. The van der Waals surface area contributed by atoms with Crippen molar-refractivity contribution in [3.05, 3.63) is 200 Å². The van der Waals surface area contributed by atoms with E-state index in [1.807, 2.05) is 12.1 Å². The van der Waals surface area contributed by atoms with Gasteiger partial charge in [0.15, 0.2) is 8.07 Å². The van der Waals surface area contributed by atoms with E-state index in [4.69, 9.17) is 4.42 Å². The van der Waals surface area contributed by atoms with E-state index in [1.165, 1.54) is 31.5 Å². The molecule has 9 rings (SSSR count). The van der Waals surface area contributed by atoms with Crippen LogP contribution in [0.3, 0.4) is 0 Å². The van der Waals surface area contributed by atoms with Crippen molar-refractivity contribution in [2.45, 2.75) is 0 Å². The van der Waals surface area contributed by atoms with Crippen LogP contribution in [0.25, 0.3) is 32.7 Å². The molecule has 0 aliphatic rings. The Labute approximate surface area is 287 Å². The average molecular weight is 644 g/mol. The Balaban J connectivity index is 1.27. The van der Waals surface area contributed by atoms with E-state index in [-0.39, 0.29) is 0 Å². The highest BCUT2D eigenvalue weighted by molar-refractivity contribution is 7.19. The lowest BCUT2D eigenvalue weighted by atomic mass is 10.1. The third-order valence-corrected chi connectivity index (χ3v) is 14.6. The van der Waals surface area contributed by atoms with Gasteiger partial charge in [-0.3, -0.25) is 0 Å². The first kappa shape index (κ1) is 29.0.